The van der Waals surface area contributed by atoms with Crippen molar-refractivity contribution in [2.24, 2.45) is 5.41 Å². The Balaban J connectivity index is 1.62. The number of pyridine rings is 1. The van der Waals surface area contributed by atoms with Gasteiger partial charge in [-0.2, -0.15) is 0 Å². The number of ether oxygens (including phenoxy) is 1. The molecule has 1 aromatic heterocycles. The zero-order chi connectivity index (χ0) is 26.5. The van der Waals surface area contributed by atoms with E-state index in [-0.39, 0.29) is 29.4 Å². The summed E-state index contributed by atoms with van der Waals surface area (Å²) in [5, 5.41) is 6.52. The molecular formula is C26H29ClF2N4O3. The van der Waals surface area contributed by atoms with E-state index in [9.17, 15) is 18.4 Å². The number of fused-ring (bicyclic) bond motifs is 1. The quantitative estimate of drug-likeness (QED) is 0.381. The summed E-state index contributed by atoms with van der Waals surface area (Å²) in [6, 6.07) is 9.33. The lowest BCUT2D eigenvalue weighted by atomic mass is 9.88. The van der Waals surface area contributed by atoms with Crippen LogP contribution >= 0.6 is 11.6 Å². The minimum atomic E-state index is -0.752. The Hall–Kier alpha value is -3.46. The maximum atomic E-state index is 13.7. The molecule has 7 nitrogen and oxygen atoms in total. The van der Waals surface area contributed by atoms with Crippen LogP contribution in [0.15, 0.2) is 48.7 Å². The molecule has 2 aromatic carbocycles. The molecule has 0 fully saturated rings. The summed E-state index contributed by atoms with van der Waals surface area (Å²) >= 11 is 5.97. The molecule has 3 amide bonds. The van der Waals surface area contributed by atoms with Crippen molar-refractivity contribution in [3.63, 3.8) is 0 Å². The SMILES string of the molecule is CN(C(=O)NCc1cccc(F)c1Cl)[C@H](COC(=O)Nc1cc2cc(F)ccc2cn1)CC(C)(C)C. The monoisotopic (exact) mass is 518 g/mol. The molecule has 192 valence electrons. The van der Waals surface area contributed by atoms with Gasteiger partial charge in [0.25, 0.3) is 0 Å². The number of nitrogens with zero attached hydrogens (tertiary/aromatic N) is 2. The largest absolute Gasteiger partial charge is 0.447 e. The van der Waals surface area contributed by atoms with Crippen LogP contribution in [0.4, 0.5) is 24.2 Å². The number of halogens is 3. The number of hydrogen-bond donors (Lipinski definition) is 2. The van der Waals surface area contributed by atoms with E-state index < -0.39 is 29.8 Å². The number of rotatable bonds is 7. The van der Waals surface area contributed by atoms with Crippen LogP contribution in [0, 0.1) is 17.0 Å². The fraction of sp³-hybridized carbons (Fsp3) is 0.346. The minimum absolute atomic E-state index is 0.0393. The summed E-state index contributed by atoms with van der Waals surface area (Å²) in [4.78, 5) is 30.8. The molecule has 0 spiro atoms. The van der Waals surface area contributed by atoms with Crippen molar-refractivity contribution in [1.29, 1.82) is 0 Å². The second-order valence-electron chi connectivity index (χ2n) is 9.69. The molecule has 1 heterocycles. The van der Waals surface area contributed by atoms with E-state index in [0.29, 0.717) is 17.4 Å². The highest BCUT2D eigenvalue weighted by Crippen LogP contribution is 2.24. The maximum absolute atomic E-state index is 13.7. The van der Waals surface area contributed by atoms with Gasteiger partial charge in [0.15, 0.2) is 0 Å². The van der Waals surface area contributed by atoms with Gasteiger partial charge in [-0.25, -0.2) is 23.4 Å². The first kappa shape index (κ1) is 27.1. The van der Waals surface area contributed by atoms with Crippen molar-refractivity contribution < 1.29 is 23.1 Å². The number of hydrogen-bond acceptors (Lipinski definition) is 4. The average Bonchev–Trinajstić information content (AvgIpc) is 2.81. The number of aromatic nitrogens is 1. The molecule has 0 unspecified atom stereocenters. The molecule has 3 rings (SSSR count). The first-order valence-electron chi connectivity index (χ1n) is 11.4. The highest BCUT2D eigenvalue weighted by Gasteiger charge is 2.27. The Morgan fingerprint density at radius 1 is 1.14 bits per heavy atom. The number of nitrogens with one attached hydrogen (secondary N) is 2. The van der Waals surface area contributed by atoms with Crippen LogP contribution in [0.5, 0.6) is 0 Å². The molecule has 0 radical (unpaired) electrons. The Bertz CT molecular complexity index is 1250. The third kappa shape index (κ3) is 7.52. The average molecular weight is 519 g/mol. The zero-order valence-corrected chi connectivity index (χ0v) is 21.3. The van der Waals surface area contributed by atoms with E-state index in [2.05, 4.69) is 15.6 Å². The van der Waals surface area contributed by atoms with Crippen LogP contribution in [0.1, 0.15) is 32.8 Å². The molecule has 2 N–H and O–H groups in total. The predicted molar refractivity (Wildman–Crippen MR) is 136 cm³/mol. The summed E-state index contributed by atoms with van der Waals surface area (Å²) in [5.74, 6) is -0.746. The lowest BCUT2D eigenvalue weighted by molar-refractivity contribution is 0.0985. The number of anilines is 1. The standard InChI is InChI=1S/C26H29ClF2N4O3/c1-26(2,3)12-20(33(4)24(34)31-14-17-6-5-7-21(29)23(17)27)15-36-25(35)32-22-11-18-10-19(28)9-8-16(18)13-30-22/h5-11,13,20H,12,14-15H2,1-4H3,(H,31,34)(H,30,32,35)/t20-/m0/s1. The van der Waals surface area contributed by atoms with Gasteiger partial charge in [-0.1, -0.05) is 44.5 Å². The Morgan fingerprint density at radius 3 is 2.61 bits per heavy atom. The normalized spacial score (nSPS) is 12.2. The molecule has 10 heteroatoms. The Morgan fingerprint density at radius 2 is 1.89 bits per heavy atom. The summed E-state index contributed by atoms with van der Waals surface area (Å²) in [7, 11) is 1.60. The number of likely N-dealkylation sites (N-methyl/N-ethyl adjacent to an activating group) is 1. The second kappa shape index (κ2) is 11.5. The molecule has 0 saturated heterocycles. The van der Waals surface area contributed by atoms with Gasteiger partial charge in [-0.3, -0.25) is 5.32 Å². The summed E-state index contributed by atoms with van der Waals surface area (Å²) < 4.78 is 32.6. The van der Waals surface area contributed by atoms with Gasteiger partial charge in [-0.05, 0) is 53.1 Å². The molecule has 0 aliphatic carbocycles. The van der Waals surface area contributed by atoms with E-state index in [1.165, 1.54) is 35.4 Å². The van der Waals surface area contributed by atoms with Gasteiger partial charge in [0.2, 0.25) is 0 Å². The fourth-order valence-electron chi connectivity index (χ4n) is 3.65. The fourth-order valence-corrected chi connectivity index (χ4v) is 3.85. The third-order valence-electron chi connectivity index (χ3n) is 5.50. The van der Waals surface area contributed by atoms with Crippen LogP contribution in [0.2, 0.25) is 5.02 Å². The van der Waals surface area contributed by atoms with Gasteiger partial charge in [0.1, 0.15) is 24.1 Å². The van der Waals surface area contributed by atoms with Crippen LogP contribution < -0.4 is 10.6 Å². The van der Waals surface area contributed by atoms with Gasteiger partial charge in [0, 0.05) is 25.2 Å². The molecule has 3 aromatic rings. The van der Waals surface area contributed by atoms with E-state index in [1.54, 1.807) is 25.2 Å². The van der Waals surface area contributed by atoms with Crippen LogP contribution in [0.25, 0.3) is 10.8 Å². The smallest absolute Gasteiger partial charge is 0.412 e. The summed E-state index contributed by atoms with van der Waals surface area (Å²) in [5.41, 5.74) is 0.277. The van der Waals surface area contributed by atoms with Crippen molar-refractivity contribution >= 4 is 40.3 Å². The van der Waals surface area contributed by atoms with E-state index >= 15 is 0 Å². The van der Waals surface area contributed by atoms with Crippen molar-refractivity contribution in [1.82, 2.24) is 15.2 Å². The minimum Gasteiger partial charge on any atom is -0.447 e. The first-order chi connectivity index (χ1) is 16.9. The number of benzene rings is 2. The molecular weight excluding hydrogens is 490 g/mol. The van der Waals surface area contributed by atoms with Crippen LogP contribution in [-0.4, -0.2) is 41.7 Å². The highest BCUT2D eigenvalue weighted by atomic mass is 35.5. The van der Waals surface area contributed by atoms with Crippen molar-refractivity contribution in [3.8, 4) is 0 Å². The van der Waals surface area contributed by atoms with Crippen LogP contribution in [0.3, 0.4) is 0 Å². The van der Waals surface area contributed by atoms with Gasteiger partial charge >= 0.3 is 12.1 Å². The number of carbonyl (C=O) groups is 2. The topological polar surface area (TPSA) is 83.6 Å². The van der Waals surface area contributed by atoms with Gasteiger partial charge in [-0.15, -0.1) is 0 Å². The molecule has 0 bridgehead atoms. The number of carbonyl (C=O) groups excluding carboxylic acids is 2. The Labute approximate surface area is 213 Å². The van der Waals surface area contributed by atoms with Crippen molar-refractivity contribution in [3.05, 3.63) is 70.9 Å². The van der Waals surface area contributed by atoms with E-state index in [0.717, 1.165) is 5.39 Å². The lowest BCUT2D eigenvalue weighted by Gasteiger charge is -2.33. The Kier molecular flexibility index (Phi) is 8.68. The molecule has 36 heavy (non-hydrogen) atoms. The summed E-state index contributed by atoms with van der Waals surface area (Å²) in [6.07, 6.45) is 1.31. The second-order valence-corrected chi connectivity index (χ2v) is 10.1. The molecule has 0 aliphatic rings. The first-order valence-corrected chi connectivity index (χ1v) is 11.7. The van der Waals surface area contributed by atoms with Crippen molar-refractivity contribution in [2.75, 3.05) is 19.0 Å². The molecule has 0 saturated carbocycles. The summed E-state index contributed by atoms with van der Waals surface area (Å²) in [6.45, 7) is 6.00. The predicted octanol–water partition coefficient (Wildman–Crippen LogP) is 6.36. The lowest BCUT2D eigenvalue weighted by Crippen LogP contribution is -2.47. The molecule has 1 atom stereocenters. The van der Waals surface area contributed by atoms with Gasteiger partial charge in [0.05, 0.1) is 11.1 Å². The third-order valence-corrected chi connectivity index (χ3v) is 5.92. The number of amides is 3. The number of urea groups is 1. The van der Waals surface area contributed by atoms with Gasteiger partial charge < -0.3 is 15.0 Å². The zero-order valence-electron chi connectivity index (χ0n) is 20.6. The van der Waals surface area contributed by atoms with Crippen LogP contribution in [-0.2, 0) is 11.3 Å². The maximum Gasteiger partial charge on any atom is 0.412 e. The highest BCUT2D eigenvalue weighted by molar-refractivity contribution is 6.31. The van der Waals surface area contributed by atoms with E-state index in [4.69, 9.17) is 16.3 Å². The van der Waals surface area contributed by atoms with Crippen molar-refractivity contribution in [2.45, 2.75) is 39.8 Å². The van der Waals surface area contributed by atoms with E-state index in [1.807, 2.05) is 20.8 Å². The molecule has 0 aliphatic heterocycles.